The second kappa shape index (κ2) is 14.9. The van der Waals surface area contributed by atoms with Crippen LogP contribution in [0.2, 0.25) is 0 Å². The van der Waals surface area contributed by atoms with Crippen molar-refractivity contribution in [3.63, 3.8) is 0 Å². The maximum atomic E-state index is 8.24. The van der Waals surface area contributed by atoms with Crippen molar-refractivity contribution in [2.75, 3.05) is 28.3 Å². The molecular weight excluding hydrogens is 854 g/mol. The molecule has 0 N–H and O–H groups in total. The van der Waals surface area contributed by atoms with Crippen LogP contribution in [-0.4, -0.2) is 23.2 Å². The average molecular weight is 900 g/mol. The van der Waals surface area contributed by atoms with Gasteiger partial charge in [0.25, 0.3) is 0 Å². The number of benzene rings is 6. The number of hydrogen-bond donors (Lipinski definition) is 0. The van der Waals surface area contributed by atoms with E-state index < -0.39 is 6.98 Å². The van der Waals surface area contributed by atoms with Crippen molar-refractivity contribution in [3.05, 3.63) is 169 Å². The van der Waals surface area contributed by atoms with Crippen LogP contribution < -0.4 is 14.7 Å². The first-order chi connectivity index (χ1) is 27.6. The zero-order valence-electron chi connectivity index (χ0n) is 34.3. The van der Waals surface area contributed by atoms with Gasteiger partial charge in [0.1, 0.15) is 5.82 Å². The molecule has 274 valence electrons. The molecule has 0 spiro atoms. The molecule has 0 unspecified atom stereocenters. The van der Waals surface area contributed by atoms with E-state index in [4.69, 9.17) is 9.10 Å². The summed E-state index contributed by atoms with van der Waals surface area (Å²) in [6.07, 6.45) is 1.93. The van der Waals surface area contributed by atoms with Crippen molar-refractivity contribution in [1.29, 1.82) is 0 Å². The number of nitrogens with zero attached hydrogens (tertiary/aromatic N) is 5. The third-order valence-electron chi connectivity index (χ3n) is 10.5. The Bertz CT molecular complexity index is 2730. The third kappa shape index (κ3) is 6.41. The van der Waals surface area contributed by atoms with E-state index in [2.05, 4.69) is 128 Å². The molecular formula is C49H43N5Pt. The van der Waals surface area contributed by atoms with E-state index in [1.165, 1.54) is 21.6 Å². The summed E-state index contributed by atoms with van der Waals surface area (Å²) in [5.41, 5.74) is 11.9. The molecule has 0 amide bonds. The molecule has 0 atom stereocenters. The zero-order chi connectivity index (χ0) is 39.4. The molecule has 0 saturated heterocycles. The van der Waals surface area contributed by atoms with Crippen molar-refractivity contribution in [1.82, 2.24) is 9.55 Å². The molecule has 1 aliphatic rings. The molecule has 0 saturated carbocycles. The van der Waals surface area contributed by atoms with E-state index in [1.807, 2.05) is 71.8 Å². The topological polar surface area (TPSA) is 27.5 Å². The Hall–Kier alpha value is -5.64. The Balaban J connectivity index is 0.00000469. The SMILES string of the molecule is [2H]C([2H])([2H])N1CN(c2[c-]c(N(c3[c-]c4c(cc3)c3ccccc3n4-c3cc(-c4c(C(C)C)cccc4C(C)C)ccn3)c3ccccc3)ccc2)c2ccccc21.[Pt+2]. The summed E-state index contributed by atoms with van der Waals surface area (Å²) in [7, 11) is 0. The van der Waals surface area contributed by atoms with Crippen LogP contribution in [0.5, 0.6) is 0 Å². The molecule has 55 heavy (non-hydrogen) atoms. The molecule has 0 bridgehead atoms. The van der Waals surface area contributed by atoms with Crippen molar-refractivity contribution < 1.29 is 25.2 Å². The Morgan fingerprint density at radius 1 is 0.673 bits per heavy atom. The fourth-order valence-corrected chi connectivity index (χ4v) is 7.97. The summed E-state index contributed by atoms with van der Waals surface area (Å²) < 4.78 is 27.0. The summed E-state index contributed by atoms with van der Waals surface area (Å²) >= 11 is 0. The maximum Gasteiger partial charge on any atom is 2.00 e. The van der Waals surface area contributed by atoms with E-state index in [-0.39, 0.29) is 27.7 Å². The first-order valence-corrected chi connectivity index (χ1v) is 18.7. The van der Waals surface area contributed by atoms with Gasteiger partial charge >= 0.3 is 21.1 Å². The third-order valence-corrected chi connectivity index (χ3v) is 10.5. The number of aromatic nitrogens is 2. The van der Waals surface area contributed by atoms with Gasteiger partial charge in [-0.15, -0.1) is 35.7 Å². The van der Waals surface area contributed by atoms with E-state index in [1.54, 1.807) is 0 Å². The van der Waals surface area contributed by atoms with Gasteiger partial charge in [-0.25, -0.2) is 4.98 Å². The fraction of sp³-hybridized carbons (Fsp3) is 0.163. The summed E-state index contributed by atoms with van der Waals surface area (Å²) in [5.74, 6) is 1.55. The van der Waals surface area contributed by atoms with E-state index in [0.717, 1.165) is 61.6 Å². The van der Waals surface area contributed by atoms with Gasteiger partial charge < -0.3 is 19.3 Å². The Kier molecular flexibility index (Phi) is 8.87. The zero-order valence-corrected chi connectivity index (χ0v) is 33.5. The monoisotopic (exact) mass is 899 g/mol. The van der Waals surface area contributed by atoms with Gasteiger partial charge in [-0.05, 0) is 81.9 Å². The largest absolute Gasteiger partial charge is 2.00 e. The molecule has 2 aromatic heterocycles. The number of para-hydroxylation sites is 4. The first kappa shape index (κ1) is 32.8. The van der Waals surface area contributed by atoms with E-state index >= 15 is 0 Å². The Morgan fingerprint density at radius 3 is 2.13 bits per heavy atom. The second-order valence-corrected chi connectivity index (χ2v) is 14.6. The fourth-order valence-electron chi connectivity index (χ4n) is 7.97. The number of rotatable bonds is 8. The van der Waals surface area contributed by atoms with Gasteiger partial charge in [-0.1, -0.05) is 117 Å². The summed E-state index contributed by atoms with van der Waals surface area (Å²) in [5, 5.41) is 2.20. The number of hydrogen-bond acceptors (Lipinski definition) is 4. The van der Waals surface area contributed by atoms with Crippen LogP contribution in [0.15, 0.2) is 146 Å². The maximum absolute atomic E-state index is 8.24. The van der Waals surface area contributed by atoms with Gasteiger partial charge in [-0.2, -0.15) is 12.1 Å². The number of fused-ring (bicyclic) bond motifs is 4. The molecule has 5 nitrogen and oxygen atoms in total. The standard InChI is InChI=1S/C49H43N5.Pt/c1-33(2)40-20-14-21-41(34(3)4)49(40)35-27-28-50-48(29-35)54-44-22-10-9-19-42(44)43-26-25-39(31-47(43)54)53(36-15-7-6-8-16-36)38-18-13-17-37(30-38)52-32-51(5)45-23-11-12-24-46(45)52;/h6-29,33-34H,32H2,1-5H3;/q-2;+2/i5D3;. The van der Waals surface area contributed by atoms with Crippen molar-refractivity contribution in [2.24, 2.45) is 0 Å². The number of pyridine rings is 1. The minimum Gasteiger partial charge on any atom is -0.358 e. The quantitative estimate of drug-likeness (QED) is 0.142. The van der Waals surface area contributed by atoms with Crippen LogP contribution in [0.4, 0.5) is 34.1 Å². The van der Waals surface area contributed by atoms with Gasteiger partial charge in [-0.3, -0.25) is 0 Å². The predicted octanol–water partition coefficient (Wildman–Crippen LogP) is 12.7. The molecule has 0 aliphatic carbocycles. The molecule has 1 aliphatic heterocycles. The summed E-state index contributed by atoms with van der Waals surface area (Å²) in [6.45, 7) is 6.94. The average Bonchev–Trinajstić information content (AvgIpc) is 3.78. The van der Waals surface area contributed by atoms with Crippen molar-refractivity contribution in [2.45, 2.75) is 39.5 Å². The molecule has 6 aromatic carbocycles. The van der Waals surface area contributed by atoms with Crippen LogP contribution in [0.1, 0.15) is 54.8 Å². The van der Waals surface area contributed by atoms with Crippen LogP contribution in [0, 0.1) is 12.1 Å². The molecule has 8 aromatic rings. The normalized spacial score (nSPS) is 13.5. The first-order valence-electron chi connectivity index (χ1n) is 20.2. The molecule has 9 rings (SSSR count). The predicted molar refractivity (Wildman–Crippen MR) is 226 cm³/mol. The smallest absolute Gasteiger partial charge is 0.358 e. The minimum atomic E-state index is -2.29. The molecule has 0 fully saturated rings. The van der Waals surface area contributed by atoms with Crippen LogP contribution in [0.3, 0.4) is 0 Å². The van der Waals surface area contributed by atoms with Gasteiger partial charge in [0.15, 0.2) is 0 Å². The van der Waals surface area contributed by atoms with E-state index in [0.29, 0.717) is 17.5 Å². The molecule has 0 radical (unpaired) electrons. The van der Waals surface area contributed by atoms with E-state index in [9.17, 15) is 0 Å². The van der Waals surface area contributed by atoms with Crippen LogP contribution in [0.25, 0.3) is 38.8 Å². The molecule has 6 heteroatoms. The van der Waals surface area contributed by atoms with Crippen molar-refractivity contribution in [3.8, 4) is 16.9 Å². The molecule has 3 heterocycles. The Morgan fingerprint density at radius 2 is 1.36 bits per heavy atom. The Labute approximate surface area is 343 Å². The summed E-state index contributed by atoms with van der Waals surface area (Å²) in [6, 6.07) is 55.3. The number of anilines is 6. The van der Waals surface area contributed by atoms with Crippen LogP contribution >= 0.6 is 0 Å². The van der Waals surface area contributed by atoms with Crippen LogP contribution in [-0.2, 0) is 21.1 Å². The summed E-state index contributed by atoms with van der Waals surface area (Å²) in [4.78, 5) is 10.7. The van der Waals surface area contributed by atoms with Gasteiger partial charge in [0.2, 0.25) is 0 Å². The van der Waals surface area contributed by atoms with Crippen molar-refractivity contribution >= 4 is 55.9 Å². The van der Waals surface area contributed by atoms with Gasteiger partial charge in [0, 0.05) is 28.5 Å². The van der Waals surface area contributed by atoms with Gasteiger partial charge in [0.05, 0.1) is 18.0 Å². The second-order valence-electron chi connectivity index (χ2n) is 14.6. The minimum absolute atomic E-state index is 0.